The lowest BCUT2D eigenvalue weighted by molar-refractivity contribution is -0.137. The molecular formula is C14H26N2O3. The van der Waals surface area contributed by atoms with Crippen LogP contribution in [0.25, 0.3) is 0 Å². The molecule has 3 atom stereocenters. The van der Waals surface area contributed by atoms with Crippen LogP contribution in [0.15, 0.2) is 0 Å². The zero-order chi connectivity index (χ0) is 14.3. The normalized spacial score (nSPS) is 24.7. The number of carboxylic acids is 1. The smallest absolute Gasteiger partial charge is 0.303 e. The van der Waals surface area contributed by atoms with Crippen molar-refractivity contribution in [2.75, 3.05) is 13.1 Å². The molecule has 1 rings (SSSR count). The molecule has 0 aromatic rings. The van der Waals surface area contributed by atoms with Crippen LogP contribution in [0.1, 0.15) is 45.4 Å². The van der Waals surface area contributed by atoms with Crippen molar-refractivity contribution >= 4 is 11.9 Å². The van der Waals surface area contributed by atoms with Crippen molar-refractivity contribution in [2.45, 2.75) is 45.4 Å². The molecule has 1 aliphatic rings. The number of nitrogens with one attached hydrogen (secondary N) is 1. The zero-order valence-electron chi connectivity index (χ0n) is 11.7. The van der Waals surface area contributed by atoms with Gasteiger partial charge in [-0.2, -0.15) is 0 Å². The first-order chi connectivity index (χ1) is 9.04. The molecule has 0 spiro atoms. The summed E-state index contributed by atoms with van der Waals surface area (Å²) in [7, 11) is 0. The molecule has 0 heterocycles. The highest BCUT2D eigenvalue weighted by Gasteiger charge is 2.29. The fourth-order valence-electron chi connectivity index (χ4n) is 2.71. The number of hydrogen-bond donors (Lipinski definition) is 3. The molecule has 1 fully saturated rings. The van der Waals surface area contributed by atoms with Gasteiger partial charge in [-0.25, -0.2) is 0 Å². The summed E-state index contributed by atoms with van der Waals surface area (Å²) in [5.41, 5.74) is 5.72. The molecular weight excluding hydrogens is 244 g/mol. The number of amides is 1. The predicted molar refractivity (Wildman–Crippen MR) is 73.5 cm³/mol. The molecule has 110 valence electrons. The average Bonchev–Trinajstić information content (AvgIpc) is 2.42. The van der Waals surface area contributed by atoms with Crippen molar-refractivity contribution in [3.8, 4) is 0 Å². The molecule has 19 heavy (non-hydrogen) atoms. The summed E-state index contributed by atoms with van der Waals surface area (Å²) in [6, 6.07) is 0. The van der Waals surface area contributed by atoms with Gasteiger partial charge >= 0.3 is 5.97 Å². The first kappa shape index (κ1) is 16.0. The fourth-order valence-corrected chi connectivity index (χ4v) is 2.71. The summed E-state index contributed by atoms with van der Waals surface area (Å²) < 4.78 is 0. The Morgan fingerprint density at radius 2 is 2.05 bits per heavy atom. The maximum absolute atomic E-state index is 12.1. The second kappa shape index (κ2) is 8.15. The maximum atomic E-state index is 12.1. The average molecular weight is 270 g/mol. The molecule has 0 bridgehead atoms. The van der Waals surface area contributed by atoms with Crippen molar-refractivity contribution in [3.05, 3.63) is 0 Å². The summed E-state index contributed by atoms with van der Waals surface area (Å²) >= 11 is 0. The fraction of sp³-hybridized carbons (Fsp3) is 0.857. The van der Waals surface area contributed by atoms with Crippen LogP contribution >= 0.6 is 0 Å². The molecule has 1 saturated carbocycles. The third-order valence-corrected chi connectivity index (χ3v) is 4.02. The summed E-state index contributed by atoms with van der Waals surface area (Å²) in [6.45, 7) is 3.09. The number of rotatable bonds is 7. The first-order valence-corrected chi connectivity index (χ1v) is 7.24. The van der Waals surface area contributed by atoms with Crippen LogP contribution in [-0.4, -0.2) is 30.1 Å². The Morgan fingerprint density at radius 3 is 2.68 bits per heavy atom. The third-order valence-electron chi connectivity index (χ3n) is 4.02. The van der Waals surface area contributed by atoms with E-state index < -0.39 is 5.97 Å². The minimum absolute atomic E-state index is 0.0467. The number of carbonyl (C=O) groups is 2. The van der Waals surface area contributed by atoms with Crippen LogP contribution in [0.5, 0.6) is 0 Å². The molecule has 3 unspecified atom stereocenters. The molecule has 0 aromatic heterocycles. The van der Waals surface area contributed by atoms with Gasteiger partial charge in [-0.3, -0.25) is 9.59 Å². The van der Waals surface area contributed by atoms with E-state index in [1.807, 2.05) is 6.92 Å². The number of nitrogens with two attached hydrogens (primary N) is 1. The van der Waals surface area contributed by atoms with Gasteiger partial charge < -0.3 is 16.2 Å². The van der Waals surface area contributed by atoms with E-state index in [1.54, 1.807) is 0 Å². The largest absolute Gasteiger partial charge is 0.481 e. The van der Waals surface area contributed by atoms with Gasteiger partial charge in [-0.15, -0.1) is 0 Å². The van der Waals surface area contributed by atoms with Crippen molar-refractivity contribution in [1.82, 2.24) is 5.32 Å². The lowest BCUT2D eigenvalue weighted by Crippen LogP contribution is -2.40. The summed E-state index contributed by atoms with van der Waals surface area (Å²) in [5, 5.41) is 11.6. The van der Waals surface area contributed by atoms with Gasteiger partial charge in [-0.1, -0.05) is 19.8 Å². The van der Waals surface area contributed by atoms with Crippen LogP contribution in [-0.2, 0) is 9.59 Å². The lowest BCUT2D eigenvalue weighted by Gasteiger charge is -2.29. The highest BCUT2D eigenvalue weighted by molar-refractivity contribution is 5.79. The summed E-state index contributed by atoms with van der Waals surface area (Å²) in [6.07, 6.45) is 5.00. The molecule has 5 heteroatoms. The van der Waals surface area contributed by atoms with Gasteiger partial charge in [0.05, 0.1) is 0 Å². The SMILES string of the molecule is CC(CCC(=O)O)CNC(=O)C1CCCCC1CN. The van der Waals surface area contributed by atoms with E-state index in [-0.39, 0.29) is 24.2 Å². The topological polar surface area (TPSA) is 92.4 Å². The van der Waals surface area contributed by atoms with E-state index in [4.69, 9.17) is 10.8 Å². The Morgan fingerprint density at radius 1 is 1.37 bits per heavy atom. The summed E-state index contributed by atoms with van der Waals surface area (Å²) in [5.74, 6) is -0.139. The Hall–Kier alpha value is -1.10. The minimum atomic E-state index is -0.784. The van der Waals surface area contributed by atoms with Crippen LogP contribution in [0.2, 0.25) is 0 Å². The molecule has 0 aliphatic heterocycles. The van der Waals surface area contributed by atoms with Gasteiger partial charge in [0.1, 0.15) is 0 Å². The van der Waals surface area contributed by atoms with Crippen molar-refractivity contribution in [2.24, 2.45) is 23.5 Å². The molecule has 1 aliphatic carbocycles. The van der Waals surface area contributed by atoms with E-state index in [1.165, 1.54) is 6.42 Å². The van der Waals surface area contributed by atoms with Gasteiger partial charge in [0, 0.05) is 18.9 Å². The van der Waals surface area contributed by atoms with Gasteiger partial charge in [-0.05, 0) is 37.6 Å². The molecule has 5 nitrogen and oxygen atoms in total. The number of aliphatic carboxylic acids is 1. The van der Waals surface area contributed by atoms with Crippen molar-refractivity contribution in [3.63, 3.8) is 0 Å². The second-order valence-electron chi connectivity index (χ2n) is 5.67. The molecule has 1 amide bonds. The van der Waals surface area contributed by atoms with Crippen LogP contribution < -0.4 is 11.1 Å². The number of hydrogen-bond acceptors (Lipinski definition) is 3. The quantitative estimate of drug-likeness (QED) is 0.651. The van der Waals surface area contributed by atoms with Crippen molar-refractivity contribution in [1.29, 1.82) is 0 Å². The molecule has 4 N–H and O–H groups in total. The van der Waals surface area contributed by atoms with E-state index in [0.717, 1.165) is 19.3 Å². The van der Waals surface area contributed by atoms with Crippen LogP contribution in [0.3, 0.4) is 0 Å². The molecule has 0 saturated heterocycles. The Kier molecular flexibility index (Phi) is 6.84. The summed E-state index contributed by atoms with van der Waals surface area (Å²) in [4.78, 5) is 22.6. The Bertz CT molecular complexity index is 307. The van der Waals surface area contributed by atoms with Crippen LogP contribution in [0.4, 0.5) is 0 Å². The lowest BCUT2D eigenvalue weighted by atomic mass is 9.78. The second-order valence-corrected chi connectivity index (χ2v) is 5.67. The zero-order valence-corrected chi connectivity index (χ0v) is 11.7. The first-order valence-electron chi connectivity index (χ1n) is 7.24. The van der Waals surface area contributed by atoms with Gasteiger partial charge in [0.2, 0.25) is 5.91 Å². The predicted octanol–water partition coefficient (Wildman–Crippen LogP) is 1.37. The van der Waals surface area contributed by atoms with Gasteiger partial charge in [0.25, 0.3) is 0 Å². The third kappa shape index (κ3) is 5.59. The van der Waals surface area contributed by atoms with E-state index in [9.17, 15) is 9.59 Å². The standard InChI is InChI=1S/C14H26N2O3/c1-10(6-7-13(17)18)9-16-14(19)12-5-3-2-4-11(12)8-15/h10-12H,2-9,15H2,1H3,(H,16,19)(H,17,18). The monoisotopic (exact) mass is 270 g/mol. The highest BCUT2D eigenvalue weighted by Crippen LogP contribution is 2.29. The molecule has 0 radical (unpaired) electrons. The van der Waals surface area contributed by atoms with E-state index in [2.05, 4.69) is 5.32 Å². The van der Waals surface area contributed by atoms with Crippen LogP contribution in [0, 0.1) is 17.8 Å². The minimum Gasteiger partial charge on any atom is -0.481 e. The van der Waals surface area contributed by atoms with E-state index in [0.29, 0.717) is 25.4 Å². The number of carboxylic acid groups (broad SMARTS) is 1. The Balaban J connectivity index is 2.31. The highest BCUT2D eigenvalue weighted by atomic mass is 16.4. The molecule has 0 aromatic carbocycles. The maximum Gasteiger partial charge on any atom is 0.303 e. The van der Waals surface area contributed by atoms with E-state index >= 15 is 0 Å². The number of carbonyl (C=O) groups excluding carboxylic acids is 1. The van der Waals surface area contributed by atoms with Crippen molar-refractivity contribution < 1.29 is 14.7 Å². The van der Waals surface area contributed by atoms with Gasteiger partial charge in [0.15, 0.2) is 0 Å². The Labute approximate surface area is 114 Å².